The Bertz CT molecular complexity index is 916. The molecule has 0 saturated heterocycles. The van der Waals surface area contributed by atoms with E-state index in [0.29, 0.717) is 5.69 Å². The number of nitrogens with one attached hydrogen (secondary N) is 1. The lowest BCUT2D eigenvalue weighted by Crippen LogP contribution is -2.27. The maximum Gasteiger partial charge on any atom is 0.272 e. The summed E-state index contributed by atoms with van der Waals surface area (Å²) in [5.74, 6) is 0.600. The van der Waals surface area contributed by atoms with Crippen molar-refractivity contribution in [2.24, 2.45) is 0 Å². The van der Waals surface area contributed by atoms with Crippen molar-refractivity contribution in [3.05, 3.63) is 77.6 Å². The number of rotatable bonds is 6. The number of amides is 1. The minimum atomic E-state index is -0.199. The van der Waals surface area contributed by atoms with E-state index in [2.05, 4.69) is 10.4 Å². The Morgan fingerprint density at radius 2 is 1.78 bits per heavy atom. The van der Waals surface area contributed by atoms with Gasteiger partial charge in [-0.3, -0.25) is 4.79 Å². The van der Waals surface area contributed by atoms with Crippen molar-refractivity contribution in [3.63, 3.8) is 0 Å². The highest BCUT2D eigenvalue weighted by atomic mass is 16.5. The number of carbonyl (C=O) groups excluding carboxylic acids is 1. The first-order valence-electron chi connectivity index (χ1n) is 9.13. The molecule has 0 aliphatic carbocycles. The zero-order valence-electron chi connectivity index (χ0n) is 16.1. The van der Waals surface area contributed by atoms with Gasteiger partial charge in [-0.15, -0.1) is 0 Å². The minimum absolute atomic E-state index is 0.107. The van der Waals surface area contributed by atoms with Gasteiger partial charge in [0.05, 0.1) is 17.8 Å². The highest BCUT2D eigenvalue weighted by molar-refractivity contribution is 5.92. The molecule has 3 rings (SSSR count). The van der Waals surface area contributed by atoms with Crippen LogP contribution in [0.3, 0.4) is 0 Å². The van der Waals surface area contributed by atoms with Crippen molar-refractivity contribution in [1.82, 2.24) is 15.1 Å². The monoisotopic (exact) mass is 363 g/mol. The lowest BCUT2D eigenvalue weighted by molar-refractivity contribution is 0.0934. The Hall–Kier alpha value is -3.08. The maximum absolute atomic E-state index is 12.7. The fraction of sp³-hybridized carbons (Fsp3) is 0.273. The number of para-hydroxylation sites is 1. The van der Waals surface area contributed by atoms with E-state index < -0.39 is 0 Å². The summed E-state index contributed by atoms with van der Waals surface area (Å²) in [4.78, 5) is 12.7. The number of ether oxygens (including phenoxy) is 1. The molecule has 27 heavy (non-hydrogen) atoms. The highest BCUT2D eigenvalue weighted by Crippen LogP contribution is 2.21. The Kier molecular flexibility index (Phi) is 5.60. The second kappa shape index (κ2) is 8.08. The third kappa shape index (κ3) is 4.56. The van der Waals surface area contributed by atoms with Crippen molar-refractivity contribution >= 4 is 5.91 Å². The molecule has 0 spiro atoms. The van der Waals surface area contributed by atoms with Crippen LogP contribution in [0.25, 0.3) is 5.69 Å². The molecule has 140 valence electrons. The van der Waals surface area contributed by atoms with E-state index in [0.717, 1.165) is 22.7 Å². The first-order valence-corrected chi connectivity index (χ1v) is 9.13. The molecule has 5 heteroatoms. The molecule has 3 aromatic rings. The average Bonchev–Trinajstić information content (AvgIpc) is 3.04. The molecule has 0 bridgehead atoms. The maximum atomic E-state index is 12.7. The van der Waals surface area contributed by atoms with Gasteiger partial charge in [0, 0.05) is 5.69 Å². The zero-order valence-corrected chi connectivity index (χ0v) is 16.1. The number of aromatic nitrogens is 2. The molecule has 0 fully saturated rings. The molecule has 0 radical (unpaired) electrons. The van der Waals surface area contributed by atoms with Gasteiger partial charge in [-0.2, -0.15) is 5.10 Å². The Labute approximate surface area is 160 Å². The normalized spacial score (nSPS) is 12.0. The van der Waals surface area contributed by atoms with Crippen molar-refractivity contribution < 1.29 is 9.53 Å². The molecule has 0 aliphatic heterocycles. The Balaban J connectivity index is 1.74. The quantitative estimate of drug-likeness (QED) is 0.703. The fourth-order valence-corrected chi connectivity index (χ4v) is 2.90. The van der Waals surface area contributed by atoms with E-state index >= 15 is 0 Å². The molecule has 1 unspecified atom stereocenters. The summed E-state index contributed by atoms with van der Waals surface area (Å²) in [5, 5.41) is 7.48. The smallest absolute Gasteiger partial charge is 0.272 e. The molecule has 1 atom stereocenters. The molecule has 1 N–H and O–H groups in total. The van der Waals surface area contributed by atoms with Gasteiger partial charge in [-0.05, 0) is 63.6 Å². The van der Waals surface area contributed by atoms with Crippen LogP contribution >= 0.6 is 0 Å². The largest absolute Gasteiger partial charge is 0.491 e. The summed E-state index contributed by atoms with van der Waals surface area (Å²) in [7, 11) is 0. The minimum Gasteiger partial charge on any atom is -0.491 e. The van der Waals surface area contributed by atoms with E-state index in [1.807, 2.05) is 82.3 Å². The molecule has 0 saturated carbocycles. The van der Waals surface area contributed by atoms with E-state index in [1.165, 1.54) is 0 Å². The van der Waals surface area contributed by atoms with Gasteiger partial charge in [0.2, 0.25) is 0 Å². The zero-order chi connectivity index (χ0) is 19.4. The summed E-state index contributed by atoms with van der Waals surface area (Å²) in [6.45, 7) is 7.87. The summed E-state index contributed by atoms with van der Waals surface area (Å²) >= 11 is 0. The predicted molar refractivity (Wildman–Crippen MR) is 106 cm³/mol. The first kappa shape index (κ1) is 18.7. The van der Waals surface area contributed by atoms with Gasteiger partial charge < -0.3 is 10.1 Å². The summed E-state index contributed by atoms with van der Waals surface area (Å²) in [5.41, 5.74) is 3.23. The average molecular weight is 363 g/mol. The molecule has 1 aromatic heterocycles. The number of aryl methyl sites for hydroxylation is 1. The fourth-order valence-electron chi connectivity index (χ4n) is 2.90. The summed E-state index contributed by atoms with van der Waals surface area (Å²) in [6, 6.07) is 19.2. The van der Waals surface area contributed by atoms with Gasteiger partial charge in [0.15, 0.2) is 5.69 Å². The molecular formula is C22H25N3O2. The second-order valence-electron chi connectivity index (χ2n) is 6.85. The number of carbonyl (C=O) groups is 1. The number of nitrogens with zero attached hydrogens (tertiary/aromatic N) is 2. The number of hydrogen-bond donors (Lipinski definition) is 1. The van der Waals surface area contributed by atoms with Crippen LogP contribution in [0.5, 0.6) is 5.75 Å². The molecular weight excluding hydrogens is 338 g/mol. The van der Waals surface area contributed by atoms with E-state index in [-0.39, 0.29) is 18.1 Å². The second-order valence-corrected chi connectivity index (χ2v) is 6.85. The van der Waals surface area contributed by atoms with Crippen molar-refractivity contribution in [2.75, 3.05) is 0 Å². The predicted octanol–water partition coefficient (Wildman–Crippen LogP) is 4.46. The standard InChI is InChI=1S/C22H25N3O2/c1-15(2)27-20-12-8-9-18(14-20)17(4)23-22(26)21-13-16(3)25(24-21)19-10-6-5-7-11-19/h5-15,17H,1-4H3,(H,23,26). The molecule has 5 nitrogen and oxygen atoms in total. The summed E-state index contributed by atoms with van der Waals surface area (Å²) < 4.78 is 7.51. The molecule has 1 amide bonds. The highest BCUT2D eigenvalue weighted by Gasteiger charge is 2.16. The van der Waals surface area contributed by atoms with Crippen LogP contribution in [0, 0.1) is 6.92 Å². The molecule has 1 heterocycles. The van der Waals surface area contributed by atoms with Crippen LogP contribution in [-0.4, -0.2) is 21.8 Å². The van der Waals surface area contributed by atoms with Crippen LogP contribution in [0.15, 0.2) is 60.7 Å². The third-order valence-electron chi connectivity index (χ3n) is 4.20. The first-order chi connectivity index (χ1) is 12.9. The van der Waals surface area contributed by atoms with E-state index in [1.54, 1.807) is 10.7 Å². The van der Waals surface area contributed by atoms with Gasteiger partial charge in [0.1, 0.15) is 5.75 Å². The molecule has 2 aromatic carbocycles. The van der Waals surface area contributed by atoms with E-state index in [9.17, 15) is 4.79 Å². The van der Waals surface area contributed by atoms with E-state index in [4.69, 9.17) is 4.74 Å². The number of benzene rings is 2. The van der Waals surface area contributed by atoms with Gasteiger partial charge in [-0.1, -0.05) is 30.3 Å². The van der Waals surface area contributed by atoms with Crippen LogP contribution < -0.4 is 10.1 Å². The van der Waals surface area contributed by atoms with Crippen LogP contribution in [0.2, 0.25) is 0 Å². The van der Waals surface area contributed by atoms with Gasteiger partial charge in [0.25, 0.3) is 5.91 Å². The summed E-state index contributed by atoms with van der Waals surface area (Å²) in [6.07, 6.45) is 0.107. The third-order valence-corrected chi connectivity index (χ3v) is 4.20. The Morgan fingerprint density at radius 1 is 1.04 bits per heavy atom. The van der Waals surface area contributed by atoms with Gasteiger partial charge in [-0.25, -0.2) is 4.68 Å². The van der Waals surface area contributed by atoms with Crippen LogP contribution in [0.4, 0.5) is 0 Å². The van der Waals surface area contributed by atoms with Gasteiger partial charge >= 0.3 is 0 Å². The van der Waals surface area contributed by atoms with Crippen molar-refractivity contribution in [2.45, 2.75) is 39.8 Å². The number of hydrogen-bond acceptors (Lipinski definition) is 3. The van der Waals surface area contributed by atoms with Crippen LogP contribution in [0.1, 0.15) is 48.6 Å². The SMILES string of the molecule is Cc1cc(C(=O)NC(C)c2cccc(OC(C)C)c2)nn1-c1ccccc1. The topological polar surface area (TPSA) is 56.1 Å². The molecule has 0 aliphatic rings. The Morgan fingerprint density at radius 3 is 2.48 bits per heavy atom. The van der Waals surface area contributed by atoms with Crippen LogP contribution in [-0.2, 0) is 0 Å². The lowest BCUT2D eigenvalue weighted by atomic mass is 10.1. The van der Waals surface area contributed by atoms with Crippen molar-refractivity contribution in [3.8, 4) is 11.4 Å². The lowest BCUT2D eigenvalue weighted by Gasteiger charge is -2.16. The van der Waals surface area contributed by atoms with Crippen molar-refractivity contribution in [1.29, 1.82) is 0 Å².